The maximum atomic E-state index is 12.2. The zero-order valence-corrected chi connectivity index (χ0v) is 15.6. The maximum Gasteiger partial charge on any atom is 0.223 e. The molecule has 2 fully saturated rings. The van der Waals surface area contributed by atoms with Gasteiger partial charge in [-0.05, 0) is 43.4 Å². The Morgan fingerprint density at radius 2 is 2.08 bits per heavy atom. The van der Waals surface area contributed by atoms with Crippen molar-refractivity contribution >= 4 is 5.91 Å². The number of ether oxygens (including phenoxy) is 2. The van der Waals surface area contributed by atoms with Gasteiger partial charge in [0, 0.05) is 45.3 Å². The van der Waals surface area contributed by atoms with E-state index >= 15 is 0 Å². The van der Waals surface area contributed by atoms with Crippen LogP contribution in [0.3, 0.4) is 0 Å². The summed E-state index contributed by atoms with van der Waals surface area (Å²) < 4.78 is 10.6. The van der Waals surface area contributed by atoms with Gasteiger partial charge in [-0.3, -0.25) is 4.79 Å². The average molecular weight is 362 g/mol. The summed E-state index contributed by atoms with van der Waals surface area (Å²) in [5, 5.41) is 14.1. The summed E-state index contributed by atoms with van der Waals surface area (Å²) in [5.74, 6) is 1.02. The summed E-state index contributed by atoms with van der Waals surface area (Å²) in [4.78, 5) is 14.5. The number of piperidine rings is 1. The van der Waals surface area contributed by atoms with Crippen molar-refractivity contribution in [1.82, 2.24) is 10.2 Å². The number of methoxy groups -OCH3 is 1. The summed E-state index contributed by atoms with van der Waals surface area (Å²) in [6.45, 7) is 4.50. The minimum absolute atomic E-state index is 0.100. The molecule has 1 amide bonds. The van der Waals surface area contributed by atoms with E-state index in [0.29, 0.717) is 32.6 Å². The molecule has 144 valence electrons. The van der Waals surface area contributed by atoms with Crippen LogP contribution >= 0.6 is 0 Å². The lowest BCUT2D eigenvalue weighted by atomic mass is 9.84. The molecule has 0 aliphatic carbocycles. The van der Waals surface area contributed by atoms with Crippen LogP contribution in [0, 0.1) is 5.92 Å². The van der Waals surface area contributed by atoms with Crippen LogP contribution in [-0.4, -0.2) is 62.4 Å². The monoisotopic (exact) mass is 362 g/mol. The van der Waals surface area contributed by atoms with Crippen LogP contribution in [0.25, 0.3) is 0 Å². The van der Waals surface area contributed by atoms with E-state index in [2.05, 4.69) is 10.2 Å². The van der Waals surface area contributed by atoms with E-state index in [0.717, 1.165) is 43.8 Å². The first-order valence-corrected chi connectivity index (χ1v) is 9.55. The minimum atomic E-state index is -0.795. The number of nitrogens with one attached hydrogen (secondary N) is 1. The second kappa shape index (κ2) is 8.84. The van der Waals surface area contributed by atoms with Gasteiger partial charge in [0.15, 0.2) is 0 Å². The highest BCUT2D eigenvalue weighted by molar-refractivity contribution is 5.78. The Hall–Kier alpha value is -1.63. The molecule has 0 atom stereocenters. The number of hydrogen-bond acceptors (Lipinski definition) is 5. The van der Waals surface area contributed by atoms with E-state index in [1.54, 1.807) is 7.11 Å². The van der Waals surface area contributed by atoms with Crippen molar-refractivity contribution in [3.63, 3.8) is 0 Å². The number of likely N-dealkylation sites (tertiary alicyclic amines) is 1. The average Bonchev–Trinajstić information content (AvgIpc) is 2.70. The number of hydrogen-bond donors (Lipinski definition) is 2. The van der Waals surface area contributed by atoms with E-state index < -0.39 is 5.60 Å². The Morgan fingerprint density at radius 1 is 1.35 bits per heavy atom. The van der Waals surface area contributed by atoms with Crippen molar-refractivity contribution in [1.29, 1.82) is 0 Å². The summed E-state index contributed by atoms with van der Waals surface area (Å²) in [7, 11) is 1.64. The van der Waals surface area contributed by atoms with Gasteiger partial charge in [0.05, 0.1) is 12.7 Å². The minimum Gasteiger partial charge on any atom is -0.497 e. The Morgan fingerprint density at radius 3 is 2.77 bits per heavy atom. The molecule has 2 aliphatic rings. The summed E-state index contributed by atoms with van der Waals surface area (Å²) in [6.07, 6.45) is 3.02. The van der Waals surface area contributed by atoms with Crippen LogP contribution in [0.1, 0.15) is 31.2 Å². The number of carbonyl (C=O) groups excluding carboxylic acids is 1. The molecule has 6 nitrogen and oxygen atoms in total. The summed E-state index contributed by atoms with van der Waals surface area (Å²) >= 11 is 0. The largest absolute Gasteiger partial charge is 0.497 e. The molecule has 2 saturated heterocycles. The number of carbonyl (C=O) groups is 1. The third-order valence-electron chi connectivity index (χ3n) is 5.61. The van der Waals surface area contributed by atoms with Gasteiger partial charge in [-0.15, -0.1) is 0 Å². The van der Waals surface area contributed by atoms with Crippen molar-refractivity contribution in [2.45, 2.75) is 31.3 Å². The van der Waals surface area contributed by atoms with Gasteiger partial charge in [0.2, 0.25) is 5.91 Å². The van der Waals surface area contributed by atoms with Crippen molar-refractivity contribution in [2.75, 3.05) is 46.5 Å². The first-order chi connectivity index (χ1) is 12.6. The van der Waals surface area contributed by atoms with E-state index in [1.165, 1.54) is 0 Å². The number of benzene rings is 1. The Balaban J connectivity index is 1.42. The van der Waals surface area contributed by atoms with Crippen LogP contribution < -0.4 is 10.1 Å². The lowest BCUT2D eigenvalue weighted by molar-refractivity contribution is -0.127. The molecule has 2 aliphatic heterocycles. The van der Waals surface area contributed by atoms with Crippen LogP contribution in [0.5, 0.6) is 5.75 Å². The molecular weight excluding hydrogens is 332 g/mol. The van der Waals surface area contributed by atoms with Gasteiger partial charge in [-0.2, -0.15) is 0 Å². The Kier molecular flexibility index (Phi) is 6.51. The van der Waals surface area contributed by atoms with Gasteiger partial charge < -0.3 is 24.8 Å². The predicted octanol–water partition coefficient (Wildman–Crippen LogP) is 1.52. The number of nitrogens with zero attached hydrogens (tertiary/aromatic N) is 1. The van der Waals surface area contributed by atoms with Crippen molar-refractivity contribution in [3.05, 3.63) is 29.8 Å². The lowest BCUT2D eigenvalue weighted by Crippen LogP contribution is -2.45. The van der Waals surface area contributed by atoms with Crippen molar-refractivity contribution in [3.8, 4) is 5.75 Å². The van der Waals surface area contributed by atoms with Gasteiger partial charge >= 0.3 is 0 Å². The highest BCUT2D eigenvalue weighted by Crippen LogP contribution is 2.34. The van der Waals surface area contributed by atoms with Crippen LogP contribution in [0.4, 0.5) is 0 Å². The van der Waals surface area contributed by atoms with E-state index in [-0.39, 0.29) is 11.8 Å². The molecule has 0 bridgehead atoms. The molecular formula is C20H30N2O4. The van der Waals surface area contributed by atoms with E-state index in [9.17, 15) is 9.90 Å². The van der Waals surface area contributed by atoms with Crippen molar-refractivity contribution in [2.24, 2.45) is 5.92 Å². The maximum absolute atomic E-state index is 12.2. The lowest BCUT2D eigenvalue weighted by Gasteiger charge is -2.38. The van der Waals surface area contributed by atoms with E-state index in [4.69, 9.17) is 9.47 Å². The van der Waals surface area contributed by atoms with Crippen LogP contribution in [0.15, 0.2) is 24.3 Å². The van der Waals surface area contributed by atoms with Gasteiger partial charge in [-0.25, -0.2) is 0 Å². The fraction of sp³-hybridized carbons (Fsp3) is 0.650. The topological polar surface area (TPSA) is 71.0 Å². The second-order valence-electron chi connectivity index (χ2n) is 7.28. The first kappa shape index (κ1) is 19.1. The number of rotatable bonds is 6. The smallest absolute Gasteiger partial charge is 0.223 e. The molecule has 26 heavy (non-hydrogen) atoms. The quantitative estimate of drug-likeness (QED) is 0.803. The van der Waals surface area contributed by atoms with Crippen LogP contribution in [0.2, 0.25) is 0 Å². The third-order valence-corrected chi connectivity index (χ3v) is 5.61. The predicted molar refractivity (Wildman–Crippen MR) is 99.1 cm³/mol. The zero-order chi connectivity index (χ0) is 18.4. The Bertz CT molecular complexity index is 593. The number of aliphatic hydroxyl groups is 1. The Labute approximate surface area is 155 Å². The van der Waals surface area contributed by atoms with Crippen molar-refractivity contribution < 1.29 is 19.4 Å². The molecule has 0 aromatic heterocycles. The molecule has 0 unspecified atom stereocenters. The summed E-state index contributed by atoms with van der Waals surface area (Å²) in [5.41, 5.74) is 0.125. The molecule has 0 spiro atoms. The summed E-state index contributed by atoms with van der Waals surface area (Å²) in [6, 6.07) is 7.70. The fourth-order valence-corrected chi connectivity index (χ4v) is 3.79. The van der Waals surface area contributed by atoms with E-state index in [1.807, 2.05) is 24.3 Å². The standard InChI is InChI=1S/C20H30N2O4/c1-25-18-4-2-3-17(15-18)20(24)7-10-22(11-8-20)12-9-21-19(23)16-5-13-26-14-6-16/h2-4,15-16,24H,5-14H2,1H3,(H,21,23). The molecule has 1 aromatic carbocycles. The molecule has 2 heterocycles. The molecule has 0 radical (unpaired) electrons. The normalized spacial score (nSPS) is 21.3. The third kappa shape index (κ3) is 4.75. The molecule has 1 aromatic rings. The number of amides is 1. The first-order valence-electron chi connectivity index (χ1n) is 9.55. The van der Waals surface area contributed by atoms with Crippen LogP contribution in [-0.2, 0) is 15.1 Å². The van der Waals surface area contributed by atoms with Gasteiger partial charge in [-0.1, -0.05) is 12.1 Å². The molecule has 2 N–H and O–H groups in total. The highest BCUT2D eigenvalue weighted by Gasteiger charge is 2.34. The second-order valence-corrected chi connectivity index (χ2v) is 7.28. The van der Waals surface area contributed by atoms with Gasteiger partial charge in [0.25, 0.3) is 0 Å². The van der Waals surface area contributed by atoms with Gasteiger partial charge in [0.1, 0.15) is 5.75 Å². The SMILES string of the molecule is COc1cccc(C2(O)CCN(CCNC(=O)C3CCOCC3)CC2)c1. The highest BCUT2D eigenvalue weighted by atomic mass is 16.5. The molecule has 6 heteroatoms. The zero-order valence-electron chi connectivity index (χ0n) is 15.6. The molecule has 0 saturated carbocycles. The molecule has 3 rings (SSSR count). The fourth-order valence-electron chi connectivity index (χ4n) is 3.79.